The van der Waals surface area contributed by atoms with Gasteiger partial charge in [0.1, 0.15) is 17.5 Å². The van der Waals surface area contributed by atoms with Gasteiger partial charge in [-0.05, 0) is 27.7 Å². The Balaban J connectivity index is 2.98. The molecule has 0 aliphatic carbocycles. The molecule has 1 heterocycles. The topological polar surface area (TPSA) is 87.3 Å². The molecule has 0 saturated carbocycles. The van der Waals surface area contributed by atoms with Gasteiger partial charge in [-0.2, -0.15) is 9.78 Å². The van der Waals surface area contributed by atoms with Gasteiger partial charge in [0.25, 0.3) is 0 Å². The molecule has 16 heavy (non-hydrogen) atoms. The smallest absolute Gasteiger partial charge is 0.435 e. The Morgan fingerprint density at radius 3 is 2.50 bits per heavy atom. The first-order valence-corrected chi connectivity index (χ1v) is 4.65. The van der Waals surface area contributed by atoms with E-state index >= 15 is 0 Å². The van der Waals surface area contributed by atoms with E-state index in [0.29, 0.717) is 0 Å². The highest BCUT2D eigenvalue weighted by Gasteiger charge is 2.24. The van der Waals surface area contributed by atoms with Crippen LogP contribution < -0.4 is 0 Å². The lowest BCUT2D eigenvalue weighted by atomic mass is 10.2. The molecule has 0 aliphatic heterocycles. The van der Waals surface area contributed by atoms with E-state index in [4.69, 9.17) is 4.74 Å². The van der Waals surface area contributed by atoms with Crippen molar-refractivity contribution in [2.45, 2.75) is 33.3 Å². The molecule has 7 heteroatoms. The van der Waals surface area contributed by atoms with Gasteiger partial charge in [0.05, 0.1) is 4.92 Å². The maximum Gasteiger partial charge on any atom is 0.435 e. The second-order valence-electron chi connectivity index (χ2n) is 4.26. The van der Waals surface area contributed by atoms with Crippen LogP contribution in [0.2, 0.25) is 0 Å². The number of rotatable bonds is 1. The number of aromatic nitrogens is 2. The summed E-state index contributed by atoms with van der Waals surface area (Å²) in [5.41, 5.74) is -0.713. The summed E-state index contributed by atoms with van der Waals surface area (Å²) in [6, 6.07) is 0. The van der Waals surface area contributed by atoms with Crippen LogP contribution in [0.15, 0.2) is 6.20 Å². The average molecular weight is 227 g/mol. The molecule has 0 fully saturated rings. The monoisotopic (exact) mass is 227 g/mol. The van der Waals surface area contributed by atoms with Crippen LogP contribution in [0.4, 0.5) is 10.5 Å². The Kier molecular flexibility index (Phi) is 2.97. The van der Waals surface area contributed by atoms with Crippen molar-refractivity contribution >= 4 is 11.8 Å². The molecule has 0 atom stereocenters. The molecular weight excluding hydrogens is 214 g/mol. The van der Waals surface area contributed by atoms with Crippen molar-refractivity contribution < 1.29 is 14.5 Å². The van der Waals surface area contributed by atoms with Gasteiger partial charge in [0.2, 0.25) is 0 Å². The maximum atomic E-state index is 11.6. The Hall–Kier alpha value is -1.92. The highest BCUT2D eigenvalue weighted by molar-refractivity contribution is 5.71. The van der Waals surface area contributed by atoms with Crippen LogP contribution >= 0.6 is 0 Å². The van der Waals surface area contributed by atoms with E-state index in [1.807, 2.05) is 0 Å². The fraction of sp³-hybridized carbons (Fsp3) is 0.556. The van der Waals surface area contributed by atoms with Gasteiger partial charge >= 0.3 is 11.8 Å². The second-order valence-corrected chi connectivity index (χ2v) is 4.26. The van der Waals surface area contributed by atoms with Crippen molar-refractivity contribution in [3.8, 4) is 0 Å². The summed E-state index contributed by atoms with van der Waals surface area (Å²) in [5, 5.41) is 14.2. The molecule has 0 spiro atoms. The van der Waals surface area contributed by atoms with Crippen LogP contribution in [0.5, 0.6) is 0 Å². The van der Waals surface area contributed by atoms with E-state index in [2.05, 4.69) is 5.10 Å². The Morgan fingerprint density at radius 2 is 2.12 bits per heavy atom. The molecular formula is C9H13N3O4. The van der Waals surface area contributed by atoms with E-state index in [9.17, 15) is 14.9 Å². The molecule has 0 aromatic carbocycles. The quantitative estimate of drug-likeness (QED) is 0.540. The summed E-state index contributed by atoms with van der Waals surface area (Å²) in [7, 11) is 0. The molecule has 0 saturated heterocycles. The minimum Gasteiger partial charge on any atom is -0.442 e. The lowest BCUT2D eigenvalue weighted by Gasteiger charge is -2.19. The largest absolute Gasteiger partial charge is 0.442 e. The standard InChI is InChI=1S/C9H13N3O4/c1-6-7(12(14)15)5-10-11(6)8(13)16-9(2,3)4/h5H,1-4H3. The summed E-state index contributed by atoms with van der Waals surface area (Å²) >= 11 is 0. The van der Waals surface area contributed by atoms with E-state index in [1.54, 1.807) is 20.8 Å². The molecule has 0 aliphatic rings. The Labute approximate surface area is 92.2 Å². The van der Waals surface area contributed by atoms with Crippen LogP contribution in [0, 0.1) is 17.0 Å². The summed E-state index contributed by atoms with van der Waals surface area (Å²) in [6.45, 7) is 6.56. The van der Waals surface area contributed by atoms with Gasteiger partial charge in [-0.1, -0.05) is 0 Å². The van der Waals surface area contributed by atoms with Crippen LogP contribution in [-0.2, 0) is 4.74 Å². The van der Waals surface area contributed by atoms with E-state index in [1.165, 1.54) is 6.92 Å². The van der Waals surface area contributed by atoms with E-state index in [-0.39, 0.29) is 11.4 Å². The zero-order valence-electron chi connectivity index (χ0n) is 9.55. The summed E-state index contributed by atoms with van der Waals surface area (Å²) < 4.78 is 5.91. The summed E-state index contributed by atoms with van der Waals surface area (Å²) in [4.78, 5) is 21.5. The normalized spacial score (nSPS) is 11.2. The molecule has 88 valence electrons. The molecule has 0 amide bonds. The van der Waals surface area contributed by atoms with Crippen LogP contribution in [-0.4, -0.2) is 26.4 Å². The van der Waals surface area contributed by atoms with Crippen molar-refractivity contribution in [1.82, 2.24) is 9.78 Å². The summed E-state index contributed by atoms with van der Waals surface area (Å²) in [5.74, 6) is 0. The number of carbonyl (C=O) groups is 1. The first-order chi connectivity index (χ1) is 7.22. The fourth-order valence-electron chi connectivity index (χ4n) is 1.07. The predicted molar refractivity (Wildman–Crippen MR) is 55.3 cm³/mol. The fourth-order valence-corrected chi connectivity index (χ4v) is 1.07. The molecule has 1 aromatic rings. The highest BCUT2D eigenvalue weighted by atomic mass is 16.6. The SMILES string of the molecule is Cc1c([N+](=O)[O-])cnn1C(=O)OC(C)(C)C. The number of carbonyl (C=O) groups excluding carboxylic acids is 1. The van der Waals surface area contributed by atoms with Crippen LogP contribution in [0.3, 0.4) is 0 Å². The third kappa shape index (κ3) is 2.56. The number of nitro groups is 1. The van der Waals surface area contributed by atoms with Crippen molar-refractivity contribution in [2.75, 3.05) is 0 Å². The maximum absolute atomic E-state index is 11.6. The van der Waals surface area contributed by atoms with Gasteiger partial charge in [0, 0.05) is 0 Å². The van der Waals surface area contributed by atoms with Gasteiger partial charge < -0.3 is 4.74 Å². The van der Waals surface area contributed by atoms with Gasteiger partial charge in [-0.15, -0.1) is 0 Å². The van der Waals surface area contributed by atoms with Gasteiger partial charge in [-0.3, -0.25) is 10.1 Å². The van der Waals surface area contributed by atoms with Gasteiger partial charge in [-0.25, -0.2) is 4.79 Å². The molecule has 0 radical (unpaired) electrons. The third-order valence-corrected chi connectivity index (χ3v) is 1.75. The third-order valence-electron chi connectivity index (χ3n) is 1.75. The highest BCUT2D eigenvalue weighted by Crippen LogP contribution is 2.17. The van der Waals surface area contributed by atoms with Crippen LogP contribution in [0.1, 0.15) is 26.5 Å². The van der Waals surface area contributed by atoms with Crippen molar-refractivity contribution in [2.24, 2.45) is 0 Å². The van der Waals surface area contributed by atoms with Gasteiger partial charge in [0.15, 0.2) is 0 Å². The molecule has 0 N–H and O–H groups in total. The lowest BCUT2D eigenvalue weighted by molar-refractivity contribution is -0.385. The Morgan fingerprint density at radius 1 is 1.56 bits per heavy atom. The minimum atomic E-state index is -0.724. The van der Waals surface area contributed by atoms with Crippen LogP contribution in [0.25, 0.3) is 0 Å². The first kappa shape index (κ1) is 12.2. The van der Waals surface area contributed by atoms with Crippen molar-refractivity contribution in [1.29, 1.82) is 0 Å². The molecule has 1 aromatic heterocycles. The van der Waals surface area contributed by atoms with E-state index in [0.717, 1.165) is 10.9 Å². The number of hydrogen-bond donors (Lipinski definition) is 0. The zero-order valence-corrected chi connectivity index (χ0v) is 9.55. The van der Waals surface area contributed by atoms with E-state index < -0.39 is 16.6 Å². The zero-order chi connectivity index (χ0) is 12.5. The first-order valence-electron chi connectivity index (χ1n) is 4.65. The van der Waals surface area contributed by atoms with Crippen molar-refractivity contribution in [3.05, 3.63) is 22.0 Å². The average Bonchev–Trinajstić information content (AvgIpc) is 2.43. The van der Waals surface area contributed by atoms with Crippen molar-refractivity contribution in [3.63, 3.8) is 0 Å². The Bertz CT molecular complexity index is 430. The second kappa shape index (κ2) is 3.92. The predicted octanol–water partition coefficient (Wildman–Crippen LogP) is 1.88. The number of ether oxygens (including phenoxy) is 1. The molecule has 1 rings (SSSR count). The lowest BCUT2D eigenvalue weighted by Crippen LogP contribution is -2.28. The molecule has 0 unspecified atom stereocenters. The molecule has 7 nitrogen and oxygen atoms in total. The molecule has 0 bridgehead atoms. The minimum absolute atomic E-state index is 0.152. The number of nitrogens with zero attached hydrogens (tertiary/aromatic N) is 3. The number of hydrogen-bond acceptors (Lipinski definition) is 5. The summed E-state index contributed by atoms with van der Waals surface area (Å²) in [6.07, 6.45) is 0.303.